The van der Waals surface area contributed by atoms with Gasteiger partial charge in [0, 0.05) is 45.2 Å². The van der Waals surface area contributed by atoms with Crippen LogP contribution in [0.2, 0.25) is 0 Å². The zero-order chi connectivity index (χ0) is 32.2. The summed E-state index contributed by atoms with van der Waals surface area (Å²) in [7, 11) is 0. The maximum atomic E-state index is 14.0. The van der Waals surface area contributed by atoms with Crippen LogP contribution in [0.5, 0.6) is 0 Å². The number of benzene rings is 2. The highest BCUT2D eigenvalue weighted by atomic mass is 19.4. The molecule has 3 saturated heterocycles. The summed E-state index contributed by atoms with van der Waals surface area (Å²) in [6, 6.07) is 4.86. The van der Waals surface area contributed by atoms with Gasteiger partial charge >= 0.3 is 18.3 Å². The molecular formula is C30H35F7N4O3. The summed E-state index contributed by atoms with van der Waals surface area (Å²) < 4.78 is 97.5. The van der Waals surface area contributed by atoms with Crippen LogP contribution in [0.25, 0.3) is 0 Å². The van der Waals surface area contributed by atoms with E-state index in [1.54, 1.807) is 6.92 Å². The van der Waals surface area contributed by atoms with Crippen molar-refractivity contribution in [2.24, 2.45) is 0 Å². The molecule has 3 fully saturated rings. The first-order valence-electron chi connectivity index (χ1n) is 14.4. The summed E-state index contributed by atoms with van der Waals surface area (Å²) in [5.74, 6) is -1.27. The molecule has 1 amide bonds. The molecule has 0 aromatic heterocycles. The topological polar surface area (TPSA) is 84.9 Å². The molecule has 14 heteroatoms. The van der Waals surface area contributed by atoms with Gasteiger partial charge in [0.25, 0.3) is 0 Å². The Bertz CT molecular complexity index is 1310. The number of aliphatic carboxylic acids is 1. The third-order valence-electron chi connectivity index (χ3n) is 8.15. The first-order valence-corrected chi connectivity index (χ1v) is 14.4. The van der Waals surface area contributed by atoms with Crippen molar-refractivity contribution in [1.82, 2.24) is 15.5 Å². The van der Waals surface area contributed by atoms with E-state index in [2.05, 4.69) is 10.6 Å². The summed E-state index contributed by atoms with van der Waals surface area (Å²) in [5.41, 5.74) is -2.45. The number of carboxylic acid groups (broad SMARTS) is 1. The molecule has 0 aliphatic carbocycles. The molecule has 3 aliphatic rings. The molecular weight excluding hydrogens is 597 g/mol. The highest BCUT2D eigenvalue weighted by Gasteiger charge is 2.45. The normalized spacial score (nSPS) is 20.7. The molecule has 0 radical (unpaired) electrons. The molecule has 2 atom stereocenters. The minimum atomic E-state index is -5.01. The standard InChI is InChI=1S/C24H24F7N3O.C6H11NO2/c1-14-8-17(25)3-2-16(14)12-32-11-15-9-19(23(26,27)28)22(20(10-15)24(29,30)31)33-6-7-34-18(13-33)4-5-21(34)35;8-6(9)5-3-1-2-4-7-5/h2-3,8-10,18,32H,4-7,11-13H2,1H3;5,7H,1-4H2,(H,8,9). The van der Waals surface area contributed by atoms with E-state index in [0.717, 1.165) is 42.8 Å². The number of alkyl halides is 6. The van der Waals surface area contributed by atoms with Gasteiger partial charge in [-0.05, 0) is 73.7 Å². The van der Waals surface area contributed by atoms with Crippen molar-refractivity contribution in [2.75, 3.05) is 31.1 Å². The van der Waals surface area contributed by atoms with Gasteiger partial charge in [-0.3, -0.25) is 9.59 Å². The summed E-state index contributed by atoms with van der Waals surface area (Å²) >= 11 is 0. The molecule has 2 unspecified atom stereocenters. The van der Waals surface area contributed by atoms with Crippen molar-refractivity contribution >= 4 is 17.6 Å². The number of piperazine rings is 1. The zero-order valence-corrected chi connectivity index (χ0v) is 24.1. The lowest BCUT2D eigenvalue weighted by Crippen LogP contribution is -2.52. The minimum absolute atomic E-state index is 0.0818. The van der Waals surface area contributed by atoms with Crippen LogP contribution in [0.3, 0.4) is 0 Å². The molecule has 0 saturated carbocycles. The van der Waals surface area contributed by atoms with Crippen LogP contribution < -0.4 is 15.5 Å². The Kier molecular flexibility index (Phi) is 10.4. The number of hydrogen-bond donors (Lipinski definition) is 3. The lowest BCUT2D eigenvalue weighted by molar-refractivity contribution is -0.143. The van der Waals surface area contributed by atoms with Gasteiger partial charge in [-0.1, -0.05) is 12.5 Å². The lowest BCUT2D eigenvalue weighted by atomic mass is 9.98. The second-order valence-corrected chi connectivity index (χ2v) is 11.3. The number of rotatable bonds is 6. The summed E-state index contributed by atoms with van der Waals surface area (Å²) in [5, 5.41) is 14.2. The smallest absolute Gasteiger partial charge is 0.418 e. The van der Waals surface area contributed by atoms with Gasteiger partial charge < -0.3 is 25.5 Å². The Morgan fingerprint density at radius 2 is 1.68 bits per heavy atom. The van der Waals surface area contributed by atoms with Crippen molar-refractivity contribution in [2.45, 2.75) is 76.6 Å². The van der Waals surface area contributed by atoms with Crippen LogP contribution in [0.1, 0.15) is 59.9 Å². The van der Waals surface area contributed by atoms with Gasteiger partial charge in [0.05, 0.1) is 16.8 Å². The van der Waals surface area contributed by atoms with Crippen molar-refractivity contribution < 1.29 is 45.4 Å². The molecule has 0 spiro atoms. The molecule has 2 aromatic rings. The van der Waals surface area contributed by atoms with Gasteiger partial charge in [-0.15, -0.1) is 0 Å². The molecule has 3 aliphatic heterocycles. The van der Waals surface area contributed by atoms with E-state index in [1.165, 1.54) is 23.1 Å². The number of piperidine rings is 1. The van der Waals surface area contributed by atoms with E-state index in [4.69, 9.17) is 5.11 Å². The van der Waals surface area contributed by atoms with E-state index in [0.29, 0.717) is 17.5 Å². The van der Waals surface area contributed by atoms with E-state index in [-0.39, 0.29) is 56.7 Å². The SMILES string of the molecule is Cc1cc(F)ccc1CNCc1cc(C(F)(F)F)c(N2CCN3C(=O)CCC3C2)c(C(F)(F)F)c1.O=C(O)C1CCCCN1. The number of aryl methyl sites for hydroxylation is 1. The molecule has 3 N–H and O–H groups in total. The van der Waals surface area contributed by atoms with Crippen molar-refractivity contribution in [3.63, 3.8) is 0 Å². The molecule has 242 valence electrons. The van der Waals surface area contributed by atoms with Crippen LogP contribution in [0, 0.1) is 12.7 Å². The Labute approximate surface area is 250 Å². The van der Waals surface area contributed by atoms with E-state index in [1.807, 2.05) is 0 Å². The first kappa shape index (κ1) is 33.5. The van der Waals surface area contributed by atoms with E-state index in [9.17, 15) is 40.3 Å². The Balaban J connectivity index is 0.000000421. The van der Waals surface area contributed by atoms with Gasteiger partial charge in [0.1, 0.15) is 11.9 Å². The Morgan fingerprint density at radius 1 is 1.00 bits per heavy atom. The maximum absolute atomic E-state index is 14.0. The predicted molar refractivity (Wildman–Crippen MR) is 148 cm³/mol. The number of anilines is 1. The fourth-order valence-electron chi connectivity index (χ4n) is 5.90. The number of hydrogen-bond acceptors (Lipinski definition) is 5. The van der Waals surface area contributed by atoms with Crippen molar-refractivity contribution in [3.8, 4) is 0 Å². The maximum Gasteiger partial charge on any atom is 0.418 e. The molecule has 0 bridgehead atoms. The third kappa shape index (κ3) is 8.20. The van der Waals surface area contributed by atoms with E-state index < -0.39 is 47.0 Å². The fraction of sp³-hybridized carbons (Fsp3) is 0.533. The average Bonchev–Trinajstić information content (AvgIpc) is 3.33. The summed E-state index contributed by atoms with van der Waals surface area (Å²) in [6.07, 6.45) is -6.43. The van der Waals surface area contributed by atoms with Crippen LogP contribution >= 0.6 is 0 Å². The fourth-order valence-corrected chi connectivity index (χ4v) is 5.90. The Morgan fingerprint density at radius 3 is 2.23 bits per heavy atom. The summed E-state index contributed by atoms with van der Waals surface area (Å²) in [4.78, 5) is 24.9. The summed E-state index contributed by atoms with van der Waals surface area (Å²) in [6.45, 7) is 2.31. The quantitative estimate of drug-likeness (QED) is 0.366. The van der Waals surface area contributed by atoms with Crippen molar-refractivity contribution in [1.29, 1.82) is 0 Å². The number of nitrogens with one attached hydrogen (secondary N) is 2. The Hall–Kier alpha value is -3.39. The van der Waals surface area contributed by atoms with Gasteiger partial charge in [0.2, 0.25) is 5.91 Å². The zero-order valence-electron chi connectivity index (χ0n) is 24.1. The largest absolute Gasteiger partial charge is 0.480 e. The second-order valence-electron chi connectivity index (χ2n) is 11.3. The number of carbonyl (C=O) groups is 2. The number of carbonyl (C=O) groups excluding carboxylic acids is 1. The molecule has 7 nitrogen and oxygen atoms in total. The molecule has 5 rings (SSSR count). The van der Waals surface area contributed by atoms with Crippen LogP contribution in [0.4, 0.5) is 36.4 Å². The van der Waals surface area contributed by atoms with Crippen LogP contribution in [0.15, 0.2) is 30.3 Å². The average molecular weight is 633 g/mol. The number of nitrogens with zero attached hydrogens (tertiary/aromatic N) is 2. The van der Waals surface area contributed by atoms with Crippen molar-refractivity contribution in [3.05, 3.63) is 64.0 Å². The molecule has 3 heterocycles. The molecule has 2 aromatic carbocycles. The number of fused-ring (bicyclic) bond motifs is 1. The number of halogens is 7. The van der Waals surface area contributed by atoms with Gasteiger partial charge in [-0.2, -0.15) is 26.3 Å². The van der Waals surface area contributed by atoms with Gasteiger partial charge in [-0.25, -0.2) is 4.39 Å². The second kappa shape index (κ2) is 13.7. The highest BCUT2D eigenvalue weighted by Crippen LogP contribution is 2.46. The molecule has 44 heavy (non-hydrogen) atoms. The van der Waals surface area contributed by atoms with Crippen LogP contribution in [-0.4, -0.2) is 60.1 Å². The lowest BCUT2D eigenvalue weighted by Gasteiger charge is -2.40. The third-order valence-corrected chi connectivity index (χ3v) is 8.15. The first-order chi connectivity index (χ1) is 20.6. The van der Waals surface area contributed by atoms with E-state index >= 15 is 0 Å². The van der Waals surface area contributed by atoms with Crippen LogP contribution in [-0.2, 0) is 35.0 Å². The monoisotopic (exact) mass is 632 g/mol. The number of amides is 1. The van der Waals surface area contributed by atoms with Gasteiger partial charge in [0.15, 0.2) is 0 Å². The number of carboxylic acids is 1. The highest BCUT2D eigenvalue weighted by molar-refractivity contribution is 5.79. The predicted octanol–water partition coefficient (Wildman–Crippen LogP) is 5.49. The minimum Gasteiger partial charge on any atom is -0.480 e.